The summed E-state index contributed by atoms with van der Waals surface area (Å²) in [5, 5.41) is 5.89. The van der Waals surface area contributed by atoms with E-state index in [1.165, 1.54) is 0 Å². The van der Waals surface area contributed by atoms with Gasteiger partial charge in [0.05, 0.1) is 28.5 Å². The van der Waals surface area contributed by atoms with E-state index in [2.05, 4.69) is 10.1 Å². The largest absolute Gasteiger partial charge is 0.319 e. The summed E-state index contributed by atoms with van der Waals surface area (Å²) in [4.78, 5) is 4.36. The third-order valence-electron chi connectivity index (χ3n) is 3.44. The normalized spacial score (nSPS) is 12.8. The SMILES string of the molecule is CCn1ncc(Cl)c1C(N)c1cccc2ncccc12. The van der Waals surface area contributed by atoms with Crippen LogP contribution < -0.4 is 5.73 Å². The molecule has 0 aliphatic carbocycles. The van der Waals surface area contributed by atoms with Gasteiger partial charge in [0, 0.05) is 18.1 Å². The molecular weight excluding hydrogens is 272 g/mol. The van der Waals surface area contributed by atoms with Crippen LogP contribution in [0.25, 0.3) is 10.9 Å². The van der Waals surface area contributed by atoms with Gasteiger partial charge in [0.15, 0.2) is 0 Å². The second-order valence-electron chi connectivity index (χ2n) is 4.59. The molecule has 2 aromatic heterocycles. The number of benzene rings is 1. The summed E-state index contributed by atoms with van der Waals surface area (Å²) in [5.74, 6) is 0. The Bertz CT molecular complexity index is 745. The third-order valence-corrected chi connectivity index (χ3v) is 3.73. The van der Waals surface area contributed by atoms with E-state index in [4.69, 9.17) is 17.3 Å². The van der Waals surface area contributed by atoms with Gasteiger partial charge < -0.3 is 5.73 Å². The number of rotatable bonds is 3. The van der Waals surface area contributed by atoms with Crippen LogP contribution in [0.15, 0.2) is 42.7 Å². The zero-order chi connectivity index (χ0) is 14.1. The van der Waals surface area contributed by atoms with Crippen molar-refractivity contribution >= 4 is 22.5 Å². The molecule has 3 aromatic rings. The number of halogens is 1. The smallest absolute Gasteiger partial charge is 0.0837 e. The Labute approximate surface area is 122 Å². The van der Waals surface area contributed by atoms with E-state index in [-0.39, 0.29) is 6.04 Å². The first-order valence-electron chi connectivity index (χ1n) is 6.52. The molecule has 1 unspecified atom stereocenters. The van der Waals surface area contributed by atoms with Crippen molar-refractivity contribution in [2.45, 2.75) is 19.5 Å². The van der Waals surface area contributed by atoms with Gasteiger partial charge in [0.25, 0.3) is 0 Å². The molecule has 2 heterocycles. The molecule has 0 saturated carbocycles. The van der Waals surface area contributed by atoms with Crippen molar-refractivity contribution in [2.24, 2.45) is 5.73 Å². The fraction of sp³-hybridized carbons (Fsp3) is 0.200. The zero-order valence-corrected chi connectivity index (χ0v) is 11.9. The highest BCUT2D eigenvalue weighted by molar-refractivity contribution is 6.31. The van der Waals surface area contributed by atoms with Crippen LogP contribution in [0.5, 0.6) is 0 Å². The Hall–Kier alpha value is -1.91. The summed E-state index contributed by atoms with van der Waals surface area (Å²) in [7, 11) is 0. The Morgan fingerprint density at radius 2 is 2.15 bits per heavy atom. The number of fused-ring (bicyclic) bond motifs is 1. The van der Waals surface area contributed by atoms with E-state index in [0.717, 1.165) is 28.7 Å². The van der Waals surface area contributed by atoms with Crippen LogP contribution in [0.1, 0.15) is 24.2 Å². The third kappa shape index (κ3) is 2.07. The fourth-order valence-electron chi connectivity index (χ4n) is 2.48. The molecule has 5 heteroatoms. The molecule has 0 aliphatic rings. The molecule has 4 nitrogen and oxygen atoms in total. The minimum Gasteiger partial charge on any atom is -0.319 e. The Kier molecular flexibility index (Phi) is 3.42. The number of hydrogen-bond donors (Lipinski definition) is 1. The first-order chi connectivity index (χ1) is 9.72. The number of nitrogens with zero attached hydrogens (tertiary/aromatic N) is 3. The van der Waals surface area contributed by atoms with Gasteiger partial charge in [0.2, 0.25) is 0 Å². The van der Waals surface area contributed by atoms with Gasteiger partial charge in [-0.1, -0.05) is 29.8 Å². The Morgan fingerprint density at radius 1 is 1.30 bits per heavy atom. The lowest BCUT2D eigenvalue weighted by molar-refractivity contribution is 0.602. The number of nitrogens with two attached hydrogens (primary N) is 1. The first-order valence-corrected chi connectivity index (χ1v) is 6.90. The second kappa shape index (κ2) is 5.23. The highest BCUT2D eigenvalue weighted by atomic mass is 35.5. The van der Waals surface area contributed by atoms with Gasteiger partial charge in [0.1, 0.15) is 0 Å². The van der Waals surface area contributed by atoms with Crippen LogP contribution in [0.4, 0.5) is 0 Å². The Morgan fingerprint density at radius 3 is 2.95 bits per heavy atom. The van der Waals surface area contributed by atoms with Crippen molar-refractivity contribution in [1.29, 1.82) is 0 Å². The number of aromatic nitrogens is 3. The van der Waals surface area contributed by atoms with Gasteiger partial charge in [-0.25, -0.2) is 0 Å². The van der Waals surface area contributed by atoms with E-state index in [9.17, 15) is 0 Å². The minimum absolute atomic E-state index is 0.321. The van der Waals surface area contributed by atoms with Crippen molar-refractivity contribution in [1.82, 2.24) is 14.8 Å². The van der Waals surface area contributed by atoms with Crippen molar-refractivity contribution in [3.63, 3.8) is 0 Å². The predicted molar refractivity (Wildman–Crippen MR) is 80.7 cm³/mol. The summed E-state index contributed by atoms with van der Waals surface area (Å²) < 4.78 is 1.84. The van der Waals surface area contributed by atoms with Crippen molar-refractivity contribution in [3.8, 4) is 0 Å². The molecule has 0 bridgehead atoms. The van der Waals surface area contributed by atoms with Crippen molar-refractivity contribution < 1.29 is 0 Å². The quantitative estimate of drug-likeness (QED) is 0.805. The number of aryl methyl sites for hydroxylation is 1. The molecule has 0 amide bonds. The summed E-state index contributed by atoms with van der Waals surface area (Å²) in [6.45, 7) is 2.75. The van der Waals surface area contributed by atoms with Gasteiger partial charge in [-0.3, -0.25) is 9.67 Å². The number of pyridine rings is 1. The van der Waals surface area contributed by atoms with E-state index < -0.39 is 0 Å². The molecule has 0 fully saturated rings. The standard InChI is InChI=1S/C15H15ClN4/c1-2-20-15(12(16)9-19-20)14(17)11-5-3-7-13-10(11)6-4-8-18-13/h3-9,14H,2,17H2,1H3. The highest BCUT2D eigenvalue weighted by Crippen LogP contribution is 2.30. The zero-order valence-electron chi connectivity index (χ0n) is 11.1. The molecule has 2 N–H and O–H groups in total. The van der Waals surface area contributed by atoms with Crippen LogP contribution in [0.3, 0.4) is 0 Å². The maximum absolute atomic E-state index is 6.43. The lowest BCUT2D eigenvalue weighted by Crippen LogP contribution is -2.18. The molecule has 102 valence electrons. The molecule has 0 radical (unpaired) electrons. The lowest BCUT2D eigenvalue weighted by Gasteiger charge is -2.16. The second-order valence-corrected chi connectivity index (χ2v) is 5.00. The van der Waals surface area contributed by atoms with Crippen LogP contribution in [-0.4, -0.2) is 14.8 Å². The summed E-state index contributed by atoms with van der Waals surface area (Å²) in [5.41, 5.74) is 9.21. The Balaban J connectivity index is 2.17. The van der Waals surface area contributed by atoms with Crippen LogP contribution >= 0.6 is 11.6 Å². The maximum atomic E-state index is 6.43. The highest BCUT2D eigenvalue weighted by Gasteiger charge is 2.19. The van der Waals surface area contributed by atoms with E-state index in [1.807, 2.05) is 41.9 Å². The van der Waals surface area contributed by atoms with E-state index in [0.29, 0.717) is 5.02 Å². The molecule has 0 spiro atoms. The topological polar surface area (TPSA) is 56.7 Å². The summed E-state index contributed by atoms with van der Waals surface area (Å²) >= 11 is 6.24. The van der Waals surface area contributed by atoms with Gasteiger partial charge in [-0.2, -0.15) is 5.10 Å². The molecule has 0 saturated heterocycles. The first kappa shape index (κ1) is 13.1. The van der Waals surface area contributed by atoms with E-state index in [1.54, 1.807) is 12.4 Å². The van der Waals surface area contributed by atoms with Gasteiger partial charge >= 0.3 is 0 Å². The van der Waals surface area contributed by atoms with Crippen LogP contribution in [0, 0.1) is 0 Å². The van der Waals surface area contributed by atoms with Crippen LogP contribution in [0.2, 0.25) is 5.02 Å². The summed E-state index contributed by atoms with van der Waals surface area (Å²) in [6, 6.07) is 9.57. The molecule has 3 rings (SSSR count). The molecule has 20 heavy (non-hydrogen) atoms. The average Bonchev–Trinajstić information content (AvgIpc) is 2.87. The van der Waals surface area contributed by atoms with Crippen molar-refractivity contribution in [3.05, 3.63) is 59.0 Å². The van der Waals surface area contributed by atoms with Gasteiger partial charge in [-0.05, 0) is 24.6 Å². The predicted octanol–water partition coefficient (Wildman–Crippen LogP) is 3.15. The molecule has 1 aromatic carbocycles. The molecular formula is C15H15ClN4. The monoisotopic (exact) mass is 286 g/mol. The summed E-state index contributed by atoms with van der Waals surface area (Å²) in [6.07, 6.45) is 3.42. The van der Waals surface area contributed by atoms with Crippen LogP contribution in [-0.2, 0) is 6.54 Å². The minimum atomic E-state index is -0.321. The van der Waals surface area contributed by atoms with E-state index >= 15 is 0 Å². The molecule has 1 atom stereocenters. The average molecular weight is 287 g/mol. The van der Waals surface area contributed by atoms with Crippen molar-refractivity contribution in [2.75, 3.05) is 0 Å². The molecule has 0 aliphatic heterocycles. The number of hydrogen-bond acceptors (Lipinski definition) is 3. The lowest BCUT2D eigenvalue weighted by atomic mass is 9.99. The fourth-order valence-corrected chi connectivity index (χ4v) is 2.74. The maximum Gasteiger partial charge on any atom is 0.0837 e. The van der Waals surface area contributed by atoms with Gasteiger partial charge in [-0.15, -0.1) is 0 Å².